The predicted molar refractivity (Wildman–Crippen MR) is 70.7 cm³/mol. The third-order valence-corrected chi connectivity index (χ3v) is 3.68. The molecule has 1 N–H and O–H groups in total. The molecule has 2 nitrogen and oxygen atoms in total. The smallest absolute Gasteiger partial charge is 0.156 e. The number of nitrogens with one attached hydrogen (secondary N) is 1. The van der Waals surface area contributed by atoms with E-state index in [4.69, 9.17) is 0 Å². The first-order valence-corrected chi connectivity index (χ1v) is 7.05. The molecule has 1 aliphatic heterocycles. The third kappa shape index (κ3) is 5.45. The zero-order valence-corrected chi connectivity index (χ0v) is 11.1. The van der Waals surface area contributed by atoms with Gasteiger partial charge in [0.2, 0.25) is 0 Å². The number of thioether (sulfide) groups is 1. The van der Waals surface area contributed by atoms with Crippen LogP contribution in [0.3, 0.4) is 0 Å². The summed E-state index contributed by atoms with van der Waals surface area (Å²) in [5.41, 5.74) is 0. The van der Waals surface area contributed by atoms with Crippen LogP contribution in [-0.2, 0) is 0 Å². The highest BCUT2D eigenvalue weighted by molar-refractivity contribution is 8.14. The highest BCUT2D eigenvalue weighted by Gasteiger charge is 2.19. The number of nitrogens with zero attached hydrogens (tertiary/aromatic N) is 1. The van der Waals surface area contributed by atoms with E-state index in [2.05, 4.69) is 31.1 Å². The highest BCUT2D eigenvalue weighted by Crippen LogP contribution is 2.25. The Bertz CT molecular complexity index is 202. The van der Waals surface area contributed by atoms with Crippen molar-refractivity contribution in [2.45, 2.75) is 51.7 Å². The molecule has 0 aromatic carbocycles. The number of rotatable bonds is 6. The Balaban J connectivity index is 2.07. The van der Waals surface area contributed by atoms with Gasteiger partial charge in [0.25, 0.3) is 0 Å². The van der Waals surface area contributed by atoms with Crippen molar-refractivity contribution >= 4 is 16.9 Å². The maximum absolute atomic E-state index is 4.54. The average Bonchev–Trinajstić information content (AvgIpc) is 2.59. The van der Waals surface area contributed by atoms with E-state index in [1.807, 2.05) is 11.8 Å². The Labute approximate surface area is 98.3 Å². The average molecular weight is 228 g/mol. The lowest BCUT2D eigenvalue weighted by molar-refractivity contribution is 0.575. The van der Waals surface area contributed by atoms with E-state index >= 15 is 0 Å². The molecular weight excluding hydrogens is 204 g/mol. The van der Waals surface area contributed by atoms with Gasteiger partial charge >= 0.3 is 0 Å². The van der Waals surface area contributed by atoms with Crippen LogP contribution in [0.2, 0.25) is 0 Å². The summed E-state index contributed by atoms with van der Waals surface area (Å²) >= 11 is 1.94. The molecule has 0 amide bonds. The number of amidine groups is 1. The van der Waals surface area contributed by atoms with Crippen LogP contribution < -0.4 is 5.32 Å². The highest BCUT2D eigenvalue weighted by atomic mass is 32.2. The van der Waals surface area contributed by atoms with E-state index in [-0.39, 0.29) is 0 Å². The molecule has 0 aliphatic carbocycles. The van der Waals surface area contributed by atoms with Gasteiger partial charge in [0.05, 0.1) is 6.54 Å². The van der Waals surface area contributed by atoms with E-state index in [1.165, 1.54) is 30.9 Å². The molecule has 1 atom stereocenters. The molecule has 1 aliphatic rings. The van der Waals surface area contributed by atoms with E-state index in [1.54, 1.807) is 0 Å². The maximum Gasteiger partial charge on any atom is 0.156 e. The summed E-state index contributed by atoms with van der Waals surface area (Å²) in [6, 6.07) is 0. The van der Waals surface area contributed by atoms with Crippen LogP contribution in [0, 0.1) is 5.92 Å². The first-order chi connectivity index (χ1) is 7.22. The van der Waals surface area contributed by atoms with Gasteiger partial charge in [0, 0.05) is 11.8 Å². The molecule has 0 bridgehead atoms. The lowest BCUT2D eigenvalue weighted by atomic mass is 10.1. The molecule has 1 heterocycles. The summed E-state index contributed by atoms with van der Waals surface area (Å²) in [5, 5.41) is 5.33. The van der Waals surface area contributed by atoms with Gasteiger partial charge in [0.1, 0.15) is 0 Å². The van der Waals surface area contributed by atoms with Crippen LogP contribution >= 0.6 is 11.8 Å². The fourth-order valence-electron chi connectivity index (χ4n) is 1.73. The second-order valence-electron chi connectivity index (χ2n) is 4.65. The summed E-state index contributed by atoms with van der Waals surface area (Å²) in [5.74, 6) is 0.789. The van der Waals surface area contributed by atoms with Gasteiger partial charge in [-0.1, -0.05) is 45.4 Å². The van der Waals surface area contributed by atoms with Crippen LogP contribution in [0.25, 0.3) is 0 Å². The Morgan fingerprint density at radius 2 is 2.27 bits per heavy atom. The molecule has 1 rings (SSSR count). The first-order valence-electron chi connectivity index (χ1n) is 6.17. The molecule has 0 fully saturated rings. The minimum Gasteiger partial charge on any atom is -0.365 e. The van der Waals surface area contributed by atoms with Gasteiger partial charge in [-0.2, -0.15) is 0 Å². The molecule has 0 radical (unpaired) electrons. The van der Waals surface area contributed by atoms with Crippen molar-refractivity contribution < 1.29 is 0 Å². The number of unbranched alkanes of at least 4 members (excludes halogenated alkanes) is 2. The van der Waals surface area contributed by atoms with Crippen molar-refractivity contribution in [2.24, 2.45) is 10.9 Å². The van der Waals surface area contributed by atoms with Gasteiger partial charge in [-0.3, -0.25) is 4.99 Å². The van der Waals surface area contributed by atoms with Crippen LogP contribution in [0.15, 0.2) is 4.99 Å². The molecule has 0 saturated heterocycles. The summed E-state index contributed by atoms with van der Waals surface area (Å²) in [4.78, 5) is 4.54. The van der Waals surface area contributed by atoms with E-state index in [9.17, 15) is 0 Å². The monoisotopic (exact) mass is 228 g/mol. The summed E-state index contributed by atoms with van der Waals surface area (Å²) < 4.78 is 0. The predicted octanol–water partition coefficient (Wildman–Crippen LogP) is 3.28. The van der Waals surface area contributed by atoms with E-state index < -0.39 is 0 Å². The SMILES string of the molecule is CCCCCNC1=NCC(CC(C)C)S1. The second kappa shape index (κ2) is 7.15. The van der Waals surface area contributed by atoms with Gasteiger partial charge in [-0.05, 0) is 18.8 Å². The number of hydrogen-bond acceptors (Lipinski definition) is 3. The zero-order chi connectivity index (χ0) is 11.1. The fraction of sp³-hybridized carbons (Fsp3) is 0.917. The lowest BCUT2D eigenvalue weighted by Crippen LogP contribution is -2.20. The molecule has 15 heavy (non-hydrogen) atoms. The minimum absolute atomic E-state index is 0.721. The van der Waals surface area contributed by atoms with Crippen LogP contribution in [0.4, 0.5) is 0 Å². The van der Waals surface area contributed by atoms with Crippen molar-refractivity contribution in [3.8, 4) is 0 Å². The maximum atomic E-state index is 4.54. The van der Waals surface area contributed by atoms with Gasteiger partial charge in [-0.15, -0.1) is 0 Å². The van der Waals surface area contributed by atoms with E-state index in [0.29, 0.717) is 0 Å². The third-order valence-electron chi connectivity index (χ3n) is 2.51. The van der Waals surface area contributed by atoms with Gasteiger partial charge in [0.15, 0.2) is 5.17 Å². The second-order valence-corrected chi connectivity index (χ2v) is 5.94. The van der Waals surface area contributed by atoms with Crippen molar-refractivity contribution in [2.75, 3.05) is 13.1 Å². The minimum atomic E-state index is 0.721. The molecule has 1 unspecified atom stereocenters. The summed E-state index contributed by atoms with van der Waals surface area (Å²) in [6.07, 6.45) is 5.16. The Kier molecular flexibility index (Phi) is 6.15. The molecule has 0 saturated carbocycles. The molecule has 0 aromatic heterocycles. The topological polar surface area (TPSA) is 24.4 Å². The first kappa shape index (κ1) is 12.9. The van der Waals surface area contributed by atoms with Gasteiger partial charge in [-0.25, -0.2) is 0 Å². The number of aliphatic imine (C=N–C) groups is 1. The summed E-state index contributed by atoms with van der Waals surface area (Å²) in [6.45, 7) is 8.91. The standard InChI is InChI=1S/C12H24N2S/c1-4-5-6-7-13-12-14-9-11(15-12)8-10(2)3/h10-11H,4-9H2,1-3H3,(H,13,14). The Hall–Kier alpha value is -0.180. The Morgan fingerprint density at radius 1 is 1.47 bits per heavy atom. The van der Waals surface area contributed by atoms with E-state index in [0.717, 1.165) is 24.3 Å². The Morgan fingerprint density at radius 3 is 2.93 bits per heavy atom. The fourth-order valence-corrected chi connectivity index (χ4v) is 3.01. The van der Waals surface area contributed by atoms with Crippen molar-refractivity contribution in [1.29, 1.82) is 0 Å². The molecular formula is C12H24N2S. The zero-order valence-electron chi connectivity index (χ0n) is 10.3. The molecule has 0 spiro atoms. The van der Waals surface area contributed by atoms with Gasteiger partial charge < -0.3 is 5.32 Å². The summed E-state index contributed by atoms with van der Waals surface area (Å²) in [7, 11) is 0. The van der Waals surface area contributed by atoms with Crippen LogP contribution in [0.5, 0.6) is 0 Å². The number of hydrogen-bond donors (Lipinski definition) is 1. The van der Waals surface area contributed by atoms with Crippen LogP contribution in [0.1, 0.15) is 46.5 Å². The normalized spacial score (nSPS) is 20.8. The van der Waals surface area contributed by atoms with Crippen molar-refractivity contribution in [1.82, 2.24) is 5.32 Å². The molecule has 3 heteroatoms. The van der Waals surface area contributed by atoms with Crippen LogP contribution in [-0.4, -0.2) is 23.5 Å². The largest absolute Gasteiger partial charge is 0.365 e. The quantitative estimate of drug-likeness (QED) is 0.706. The van der Waals surface area contributed by atoms with Crippen molar-refractivity contribution in [3.05, 3.63) is 0 Å². The molecule has 0 aromatic rings. The molecule has 88 valence electrons. The van der Waals surface area contributed by atoms with Crippen molar-refractivity contribution in [3.63, 3.8) is 0 Å². The lowest BCUT2D eigenvalue weighted by Gasteiger charge is -2.11.